The second kappa shape index (κ2) is 4.35. The van der Waals surface area contributed by atoms with Crippen LogP contribution in [0.3, 0.4) is 0 Å². The van der Waals surface area contributed by atoms with Gasteiger partial charge in [0.25, 0.3) is 0 Å². The molecule has 0 saturated heterocycles. The summed E-state index contributed by atoms with van der Waals surface area (Å²) < 4.78 is 5.25. The first-order chi connectivity index (χ1) is 7.72. The number of aryl methyl sites for hydroxylation is 1. The first-order valence-electron chi connectivity index (χ1n) is 5.20. The Bertz CT molecular complexity index is 489. The van der Waals surface area contributed by atoms with Gasteiger partial charge in [-0.3, -0.25) is 4.98 Å². The molecule has 2 rings (SSSR count). The number of hydrogen-bond acceptors (Lipinski definition) is 2. The van der Waals surface area contributed by atoms with E-state index in [1.807, 2.05) is 38.2 Å². The van der Waals surface area contributed by atoms with Gasteiger partial charge in [-0.1, -0.05) is 12.1 Å². The van der Waals surface area contributed by atoms with Gasteiger partial charge in [-0.25, -0.2) is 0 Å². The van der Waals surface area contributed by atoms with E-state index in [0.29, 0.717) is 0 Å². The number of methoxy groups -OCH3 is 1. The van der Waals surface area contributed by atoms with Gasteiger partial charge in [-0.2, -0.15) is 0 Å². The van der Waals surface area contributed by atoms with Crippen LogP contribution in [0.25, 0.3) is 11.1 Å². The number of aromatic nitrogens is 1. The van der Waals surface area contributed by atoms with E-state index in [1.54, 1.807) is 7.11 Å². The fourth-order valence-electron chi connectivity index (χ4n) is 1.71. The van der Waals surface area contributed by atoms with Crippen LogP contribution in [-0.4, -0.2) is 12.1 Å². The molecule has 2 aromatic rings. The first-order valence-corrected chi connectivity index (χ1v) is 5.20. The lowest BCUT2D eigenvalue weighted by atomic mass is 10.0. The zero-order valence-corrected chi connectivity index (χ0v) is 9.74. The minimum Gasteiger partial charge on any atom is -0.496 e. The van der Waals surface area contributed by atoms with Crippen LogP contribution >= 0.6 is 0 Å². The zero-order chi connectivity index (χ0) is 11.5. The van der Waals surface area contributed by atoms with E-state index in [2.05, 4.69) is 17.1 Å². The molecule has 1 heterocycles. The Balaban J connectivity index is 2.51. The summed E-state index contributed by atoms with van der Waals surface area (Å²) in [5, 5.41) is 0. The SMILES string of the molecule is COc1[c]ccc(-c2ccc(C)nc2)c1C. The van der Waals surface area contributed by atoms with Crippen molar-refractivity contribution in [1.29, 1.82) is 0 Å². The van der Waals surface area contributed by atoms with Gasteiger partial charge >= 0.3 is 0 Å². The number of ether oxygens (including phenoxy) is 1. The van der Waals surface area contributed by atoms with E-state index in [4.69, 9.17) is 4.74 Å². The van der Waals surface area contributed by atoms with E-state index in [-0.39, 0.29) is 0 Å². The lowest BCUT2D eigenvalue weighted by molar-refractivity contribution is 0.411. The average Bonchev–Trinajstić information content (AvgIpc) is 2.31. The van der Waals surface area contributed by atoms with Gasteiger partial charge in [0.1, 0.15) is 5.75 Å². The van der Waals surface area contributed by atoms with Crippen LogP contribution in [0.5, 0.6) is 5.75 Å². The van der Waals surface area contributed by atoms with Crippen LogP contribution in [-0.2, 0) is 0 Å². The Kier molecular flexibility index (Phi) is 2.91. The van der Waals surface area contributed by atoms with Crippen molar-refractivity contribution < 1.29 is 4.74 Å². The molecule has 1 radical (unpaired) electrons. The van der Waals surface area contributed by atoms with Crippen LogP contribution in [0.2, 0.25) is 0 Å². The molecule has 0 unspecified atom stereocenters. The standard InChI is InChI=1S/C14H14NO/c1-10-7-8-12(9-15-10)13-5-4-6-14(16-3)11(13)2/h4-5,7-9H,1-3H3. The highest BCUT2D eigenvalue weighted by atomic mass is 16.5. The first kappa shape index (κ1) is 10.7. The molecule has 2 heteroatoms. The van der Waals surface area contributed by atoms with E-state index in [9.17, 15) is 0 Å². The molecule has 16 heavy (non-hydrogen) atoms. The van der Waals surface area contributed by atoms with Crippen molar-refractivity contribution in [2.75, 3.05) is 7.11 Å². The number of hydrogen-bond donors (Lipinski definition) is 0. The van der Waals surface area contributed by atoms with Gasteiger partial charge in [0.05, 0.1) is 7.11 Å². The number of benzene rings is 1. The van der Waals surface area contributed by atoms with Crippen molar-refractivity contribution in [3.63, 3.8) is 0 Å². The molecule has 0 aliphatic carbocycles. The van der Waals surface area contributed by atoms with Crippen molar-refractivity contribution in [3.05, 3.63) is 47.8 Å². The molecule has 0 fully saturated rings. The third kappa shape index (κ3) is 1.91. The Labute approximate surface area is 95.9 Å². The fourth-order valence-corrected chi connectivity index (χ4v) is 1.71. The van der Waals surface area contributed by atoms with Crippen molar-refractivity contribution >= 4 is 0 Å². The third-order valence-electron chi connectivity index (χ3n) is 2.64. The van der Waals surface area contributed by atoms with E-state index in [0.717, 1.165) is 28.1 Å². The molecule has 0 N–H and O–H groups in total. The molecule has 1 aromatic heterocycles. The van der Waals surface area contributed by atoms with Crippen molar-refractivity contribution in [2.45, 2.75) is 13.8 Å². The second-order valence-corrected chi connectivity index (χ2v) is 3.74. The summed E-state index contributed by atoms with van der Waals surface area (Å²) >= 11 is 0. The Morgan fingerprint density at radius 1 is 1.19 bits per heavy atom. The molecule has 0 amide bonds. The topological polar surface area (TPSA) is 22.1 Å². The highest BCUT2D eigenvalue weighted by Crippen LogP contribution is 2.28. The zero-order valence-electron chi connectivity index (χ0n) is 9.74. The van der Waals surface area contributed by atoms with Crippen LogP contribution in [0.1, 0.15) is 11.3 Å². The Morgan fingerprint density at radius 2 is 2.00 bits per heavy atom. The predicted molar refractivity (Wildman–Crippen MR) is 64.5 cm³/mol. The van der Waals surface area contributed by atoms with Crippen LogP contribution in [0.4, 0.5) is 0 Å². The number of pyridine rings is 1. The number of rotatable bonds is 2. The smallest absolute Gasteiger partial charge is 0.130 e. The van der Waals surface area contributed by atoms with Crippen molar-refractivity contribution in [2.24, 2.45) is 0 Å². The monoisotopic (exact) mass is 212 g/mol. The highest BCUT2D eigenvalue weighted by molar-refractivity contribution is 5.68. The van der Waals surface area contributed by atoms with E-state index >= 15 is 0 Å². The predicted octanol–water partition coefficient (Wildman–Crippen LogP) is 3.17. The van der Waals surface area contributed by atoms with Crippen LogP contribution in [0.15, 0.2) is 30.5 Å². The Morgan fingerprint density at radius 3 is 2.62 bits per heavy atom. The summed E-state index contributed by atoms with van der Waals surface area (Å²) in [7, 11) is 1.66. The van der Waals surface area contributed by atoms with Crippen molar-refractivity contribution in [1.82, 2.24) is 4.98 Å². The summed E-state index contributed by atoms with van der Waals surface area (Å²) in [5.41, 5.74) is 4.37. The molecule has 81 valence electrons. The van der Waals surface area contributed by atoms with Gasteiger partial charge in [-0.05, 0) is 37.1 Å². The lowest BCUT2D eigenvalue weighted by Crippen LogP contribution is -1.91. The molecule has 0 aliphatic rings. The molecule has 0 aliphatic heterocycles. The summed E-state index contributed by atoms with van der Waals surface area (Å²) in [6, 6.07) is 11.1. The van der Waals surface area contributed by atoms with Crippen LogP contribution < -0.4 is 4.74 Å². The minimum atomic E-state index is 0.790. The van der Waals surface area contributed by atoms with E-state index < -0.39 is 0 Å². The third-order valence-corrected chi connectivity index (χ3v) is 2.64. The average molecular weight is 212 g/mol. The summed E-state index contributed by atoms with van der Waals surface area (Å²) in [4.78, 5) is 4.30. The molecule has 1 aromatic carbocycles. The van der Waals surface area contributed by atoms with Crippen molar-refractivity contribution in [3.8, 4) is 16.9 Å². The number of nitrogens with zero attached hydrogens (tertiary/aromatic N) is 1. The quantitative estimate of drug-likeness (QED) is 0.762. The molecule has 2 nitrogen and oxygen atoms in total. The normalized spacial score (nSPS) is 10.2. The van der Waals surface area contributed by atoms with E-state index in [1.165, 1.54) is 0 Å². The molecule has 0 spiro atoms. The lowest BCUT2D eigenvalue weighted by Gasteiger charge is -2.09. The van der Waals surface area contributed by atoms with Gasteiger partial charge in [0.2, 0.25) is 0 Å². The van der Waals surface area contributed by atoms with Crippen LogP contribution in [0, 0.1) is 19.9 Å². The van der Waals surface area contributed by atoms with Gasteiger partial charge < -0.3 is 4.74 Å². The summed E-state index contributed by atoms with van der Waals surface area (Å²) in [6.45, 7) is 4.01. The summed E-state index contributed by atoms with van der Waals surface area (Å²) in [5.74, 6) is 0.790. The fraction of sp³-hybridized carbons (Fsp3) is 0.214. The maximum absolute atomic E-state index is 5.25. The molecule has 0 bridgehead atoms. The molecular weight excluding hydrogens is 198 g/mol. The minimum absolute atomic E-state index is 0.790. The molecule has 0 atom stereocenters. The molecule has 0 saturated carbocycles. The maximum atomic E-state index is 5.25. The largest absolute Gasteiger partial charge is 0.496 e. The maximum Gasteiger partial charge on any atom is 0.130 e. The molecular formula is C14H14NO. The second-order valence-electron chi connectivity index (χ2n) is 3.74. The van der Waals surface area contributed by atoms with Gasteiger partial charge in [0, 0.05) is 23.5 Å². The Hall–Kier alpha value is -1.83. The summed E-state index contributed by atoms with van der Waals surface area (Å²) in [6.07, 6.45) is 1.89. The highest BCUT2D eigenvalue weighted by Gasteiger charge is 2.06. The van der Waals surface area contributed by atoms with Gasteiger partial charge in [0.15, 0.2) is 0 Å². The van der Waals surface area contributed by atoms with Gasteiger partial charge in [-0.15, -0.1) is 0 Å².